The van der Waals surface area contributed by atoms with E-state index in [1.807, 2.05) is 0 Å². The molecule has 120 valence electrons. The summed E-state index contributed by atoms with van der Waals surface area (Å²) in [7, 11) is -3.05. The van der Waals surface area contributed by atoms with Crippen LogP contribution in [-0.4, -0.2) is 43.4 Å². The van der Waals surface area contributed by atoms with Crippen LogP contribution < -0.4 is 5.32 Å². The van der Waals surface area contributed by atoms with E-state index in [-0.39, 0.29) is 42.0 Å². The van der Waals surface area contributed by atoms with Gasteiger partial charge in [-0.15, -0.1) is 0 Å². The first-order valence-electron chi connectivity index (χ1n) is 7.41. The number of carbonyl (C=O) groups is 1. The third kappa shape index (κ3) is 2.95. The van der Waals surface area contributed by atoms with Gasteiger partial charge in [0.05, 0.1) is 17.5 Å². The highest BCUT2D eigenvalue weighted by atomic mass is 32.2. The number of nitrogens with one attached hydrogen (secondary N) is 1. The average Bonchev–Trinajstić information content (AvgIpc) is 2.80. The molecule has 1 heterocycles. The summed E-state index contributed by atoms with van der Waals surface area (Å²) >= 11 is 0. The summed E-state index contributed by atoms with van der Waals surface area (Å²) in [5.41, 5.74) is 1.88. The first kappa shape index (κ1) is 15.3. The summed E-state index contributed by atoms with van der Waals surface area (Å²) in [5, 5.41) is 2.92. The van der Waals surface area contributed by atoms with Crippen LogP contribution >= 0.6 is 0 Å². The highest BCUT2D eigenvalue weighted by Gasteiger charge is 2.33. The second kappa shape index (κ2) is 5.53. The second-order valence-corrected chi connectivity index (χ2v) is 8.27. The van der Waals surface area contributed by atoms with Crippen molar-refractivity contribution >= 4 is 15.9 Å². The van der Waals surface area contributed by atoms with Gasteiger partial charge in [-0.3, -0.25) is 0 Å². The smallest absolute Gasteiger partial charge is 0.318 e. The number of hydrogen-bond acceptors (Lipinski definition) is 3. The van der Waals surface area contributed by atoms with E-state index in [4.69, 9.17) is 0 Å². The Kier molecular flexibility index (Phi) is 3.84. The van der Waals surface area contributed by atoms with E-state index in [2.05, 4.69) is 5.32 Å². The van der Waals surface area contributed by atoms with Gasteiger partial charge in [0, 0.05) is 12.6 Å². The van der Waals surface area contributed by atoms with E-state index in [0.29, 0.717) is 0 Å². The molecule has 1 aromatic carbocycles. The van der Waals surface area contributed by atoms with Gasteiger partial charge in [-0.1, -0.05) is 6.07 Å². The monoisotopic (exact) mass is 326 g/mol. The van der Waals surface area contributed by atoms with E-state index in [0.717, 1.165) is 24.0 Å². The molecule has 1 aromatic rings. The summed E-state index contributed by atoms with van der Waals surface area (Å²) in [4.78, 5) is 14.0. The number of fused-ring (bicyclic) bond motifs is 1. The minimum absolute atomic E-state index is 0.000637. The molecule has 2 amide bonds. The second-order valence-electron chi connectivity index (χ2n) is 6.04. The van der Waals surface area contributed by atoms with Crippen LogP contribution in [0.25, 0.3) is 0 Å². The van der Waals surface area contributed by atoms with Crippen molar-refractivity contribution in [2.75, 3.05) is 18.1 Å². The number of sulfone groups is 1. The first-order valence-corrected chi connectivity index (χ1v) is 9.24. The minimum Gasteiger partial charge on any atom is -0.331 e. The van der Waals surface area contributed by atoms with Crippen LogP contribution in [0.3, 0.4) is 0 Å². The number of rotatable bonds is 1. The molecule has 1 fully saturated rings. The number of benzene rings is 1. The van der Waals surface area contributed by atoms with E-state index >= 15 is 0 Å². The number of amides is 2. The van der Waals surface area contributed by atoms with Crippen molar-refractivity contribution in [1.29, 1.82) is 0 Å². The number of urea groups is 1. The summed E-state index contributed by atoms with van der Waals surface area (Å²) < 4.78 is 36.5. The fraction of sp³-hybridized carbons (Fsp3) is 0.533. The Labute approximate surface area is 129 Å². The molecule has 7 heteroatoms. The summed E-state index contributed by atoms with van der Waals surface area (Å²) in [5.74, 6) is -0.311. The predicted octanol–water partition coefficient (Wildman–Crippen LogP) is 1.64. The van der Waals surface area contributed by atoms with E-state index in [1.54, 1.807) is 17.9 Å². The topological polar surface area (TPSA) is 66.5 Å². The number of aryl methyl sites for hydroxylation is 1. The van der Waals surface area contributed by atoms with Gasteiger partial charge in [-0.05, 0) is 43.0 Å². The normalized spacial score (nSPS) is 26.5. The number of carbonyl (C=O) groups excluding carboxylic acids is 1. The highest BCUT2D eigenvalue weighted by molar-refractivity contribution is 7.91. The van der Waals surface area contributed by atoms with Gasteiger partial charge in [-0.2, -0.15) is 0 Å². The van der Waals surface area contributed by atoms with Gasteiger partial charge < -0.3 is 10.2 Å². The minimum atomic E-state index is -3.05. The largest absolute Gasteiger partial charge is 0.331 e. The molecule has 22 heavy (non-hydrogen) atoms. The zero-order valence-electron chi connectivity index (χ0n) is 12.4. The maximum Gasteiger partial charge on any atom is 0.318 e. The van der Waals surface area contributed by atoms with Gasteiger partial charge in [-0.25, -0.2) is 17.6 Å². The van der Waals surface area contributed by atoms with E-state index < -0.39 is 9.84 Å². The molecule has 5 nitrogen and oxygen atoms in total. The maximum absolute atomic E-state index is 13.4. The summed E-state index contributed by atoms with van der Waals surface area (Å²) in [6, 6.07) is 3.84. The fourth-order valence-electron chi connectivity index (χ4n) is 3.26. The van der Waals surface area contributed by atoms with Crippen molar-refractivity contribution in [3.63, 3.8) is 0 Å². The third-order valence-electron chi connectivity index (χ3n) is 4.41. The molecule has 2 unspecified atom stereocenters. The number of hydrogen-bond donors (Lipinski definition) is 1. The molecule has 0 saturated carbocycles. The van der Waals surface area contributed by atoms with Crippen molar-refractivity contribution in [2.45, 2.75) is 31.8 Å². The molecule has 0 bridgehead atoms. The Morgan fingerprint density at radius 2 is 2.18 bits per heavy atom. The molecule has 0 spiro atoms. The van der Waals surface area contributed by atoms with Gasteiger partial charge >= 0.3 is 6.03 Å². The van der Waals surface area contributed by atoms with E-state index in [9.17, 15) is 17.6 Å². The molecular weight excluding hydrogens is 307 g/mol. The van der Waals surface area contributed by atoms with Crippen LogP contribution in [0.1, 0.15) is 30.5 Å². The molecule has 1 N–H and O–H groups in total. The van der Waals surface area contributed by atoms with Gasteiger partial charge in [0.25, 0.3) is 0 Å². The lowest BCUT2D eigenvalue weighted by molar-refractivity contribution is 0.181. The van der Waals surface area contributed by atoms with Crippen LogP contribution in [0.2, 0.25) is 0 Å². The Bertz CT molecular complexity index is 705. The summed E-state index contributed by atoms with van der Waals surface area (Å²) in [6.45, 7) is 1.94. The van der Waals surface area contributed by atoms with Gasteiger partial charge in [0.1, 0.15) is 5.82 Å². The number of nitrogens with zero attached hydrogens (tertiary/aromatic N) is 1. The highest BCUT2D eigenvalue weighted by Crippen LogP contribution is 2.31. The Hall–Kier alpha value is -1.63. The van der Waals surface area contributed by atoms with Crippen molar-refractivity contribution in [3.05, 3.63) is 35.1 Å². The van der Waals surface area contributed by atoms with Gasteiger partial charge in [0.2, 0.25) is 0 Å². The zero-order chi connectivity index (χ0) is 15.9. The first-order chi connectivity index (χ1) is 10.4. The maximum atomic E-state index is 13.4. The molecule has 1 saturated heterocycles. The van der Waals surface area contributed by atoms with Crippen LogP contribution in [0.4, 0.5) is 9.18 Å². The fourth-order valence-corrected chi connectivity index (χ4v) is 4.81. The van der Waals surface area contributed by atoms with E-state index in [1.165, 1.54) is 12.1 Å². The molecular formula is C15H19FN2O3S. The molecule has 3 rings (SSSR count). The Balaban J connectivity index is 1.70. The third-order valence-corrected chi connectivity index (χ3v) is 6.21. The Morgan fingerprint density at radius 1 is 1.41 bits per heavy atom. The van der Waals surface area contributed by atoms with Crippen LogP contribution in [0.15, 0.2) is 18.2 Å². The van der Waals surface area contributed by atoms with Crippen LogP contribution in [0.5, 0.6) is 0 Å². The summed E-state index contributed by atoms with van der Waals surface area (Å²) in [6.07, 6.45) is 1.55. The lowest BCUT2D eigenvalue weighted by Gasteiger charge is -2.34. The average molecular weight is 326 g/mol. The van der Waals surface area contributed by atoms with Crippen molar-refractivity contribution in [3.8, 4) is 0 Å². The van der Waals surface area contributed by atoms with Crippen LogP contribution in [-0.2, 0) is 16.3 Å². The number of halogens is 1. The lowest BCUT2D eigenvalue weighted by Crippen LogP contribution is -2.53. The molecule has 1 aliphatic heterocycles. The zero-order valence-corrected chi connectivity index (χ0v) is 13.2. The molecule has 0 radical (unpaired) electrons. The molecule has 2 aliphatic rings. The van der Waals surface area contributed by atoms with Crippen molar-refractivity contribution in [2.24, 2.45) is 0 Å². The van der Waals surface area contributed by atoms with Crippen LogP contribution in [0, 0.1) is 5.82 Å². The standard InChI is InChI=1S/C15H19FN2O3S/c1-10-9-22(20,21)7-6-18(10)15(19)17-14-5-3-11-2-4-12(16)8-13(11)14/h2,4,8,10,14H,3,5-7,9H2,1H3,(H,17,19). The van der Waals surface area contributed by atoms with Crippen molar-refractivity contribution < 1.29 is 17.6 Å². The SMILES string of the molecule is CC1CS(=O)(=O)CCN1C(=O)NC1CCc2ccc(F)cc21. The Morgan fingerprint density at radius 3 is 2.91 bits per heavy atom. The lowest BCUT2D eigenvalue weighted by atomic mass is 10.1. The predicted molar refractivity (Wildman–Crippen MR) is 80.8 cm³/mol. The molecule has 1 aliphatic carbocycles. The quantitative estimate of drug-likeness (QED) is 0.853. The molecule has 2 atom stereocenters. The van der Waals surface area contributed by atoms with Crippen molar-refractivity contribution in [1.82, 2.24) is 10.2 Å². The van der Waals surface area contributed by atoms with Gasteiger partial charge in [0.15, 0.2) is 9.84 Å². The molecule has 0 aromatic heterocycles.